The Morgan fingerprint density at radius 3 is 2.50 bits per heavy atom. The molecule has 1 N–H and O–H groups in total. The van der Waals surface area contributed by atoms with Gasteiger partial charge in [-0.1, -0.05) is 44.2 Å². The van der Waals surface area contributed by atoms with Crippen molar-refractivity contribution in [1.29, 1.82) is 0 Å². The van der Waals surface area contributed by atoms with Crippen molar-refractivity contribution in [3.8, 4) is 0 Å². The number of hydrogen-bond donors (Lipinski definition) is 1. The SMILES string of the molecule is CC(C)C(NSC(=O)C1CCCN1Sc1ccc([N+](=O)[O-])cc1[N+](=O)[O-])C(=O)OCc1ccccc1. The molecule has 13 heteroatoms. The highest BCUT2D eigenvalue weighted by molar-refractivity contribution is 8.12. The average Bonchev–Trinajstić information content (AvgIpc) is 3.31. The monoisotopic (exact) mass is 534 g/mol. The summed E-state index contributed by atoms with van der Waals surface area (Å²) in [5.41, 5.74) is 0.0916. The summed E-state index contributed by atoms with van der Waals surface area (Å²) < 4.78 is 10.1. The Balaban J connectivity index is 1.61. The lowest BCUT2D eigenvalue weighted by atomic mass is 10.1. The van der Waals surface area contributed by atoms with Crippen LogP contribution < -0.4 is 4.72 Å². The zero-order chi connectivity index (χ0) is 26.2. The quantitative estimate of drug-likeness (QED) is 0.188. The molecule has 2 unspecified atom stereocenters. The Labute approximate surface area is 216 Å². The second-order valence-electron chi connectivity index (χ2n) is 8.41. The maximum atomic E-state index is 13.0. The fourth-order valence-electron chi connectivity index (χ4n) is 3.51. The Hall–Kier alpha value is -3.00. The number of carbonyl (C=O) groups is 2. The molecule has 1 saturated heterocycles. The van der Waals surface area contributed by atoms with Crippen molar-refractivity contribution in [2.24, 2.45) is 5.92 Å². The normalized spacial score (nSPS) is 16.6. The van der Waals surface area contributed by atoms with E-state index in [1.807, 2.05) is 44.2 Å². The first kappa shape index (κ1) is 27.6. The van der Waals surface area contributed by atoms with Crippen molar-refractivity contribution >= 4 is 46.4 Å². The van der Waals surface area contributed by atoms with E-state index >= 15 is 0 Å². The van der Waals surface area contributed by atoms with Gasteiger partial charge in [-0.2, -0.15) is 0 Å². The first-order valence-electron chi connectivity index (χ1n) is 11.2. The number of non-ortho nitro benzene ring substituents is 1. The van der Waals surface area contributed by atoms with Gasteiger partial charge in [-0.05, 0) is 54.3 Å². The van der Waals surface area contributed by atoms with Gasteiger partial charge in [-0.25, -0.2) is 9.03 Å². The van der Waals surface area contributed by atoms with Crippen LogP contribution in [0.1, 0.15) is 32.3 Å². The first-order valence-corrected chi connectivity index (χ1v) is 12.8. The van der Waals surface area contributed by atoms with E-state index in [2.05, 4.69) is 4.72 Å². The van der Waals surface area contributed by atoms with E-state index in [0.717, 1.165) is 35.5 Å². The van der Waals surface area contributed by atoms with Crippen molar-refractivity contribution in [3.05, 3.63) is 74.3 Å². The number of nitrogens with zero attached hydrogens (tertiary/aromatic N) is 3. The van der Waals surface area contributed by atoms with Gasteiger partial charge in [0.2, 0.25) is 5.12 Å². The van der Waals surface area contributed by atoms with E-state index in [0.29, 0.717) is 19.4 Å². The standard InChI is InChI=1S/C23H26N4O7S2/c1-15(2)21(22(28)34-14-16-7-4-3-5-8-16)24-35-23(29)18-9-6-12-25(18)36-20-11-10-17(26(30)31)13-19(20)27(32)33/h3-5,7-8,10-11,13,15,18,21,24H,6,9,12,14H2,1-2H3. The molecule has 2 aromatic rings. The molecule has 0 bridgehead atoms. The Bertz CT molecular complexity index is 1120. The number of nitrogens with one attached hydrogen (secondary N) is 1. The lowest BCUT2D eigenvalue weighted by Crippen LogP contribution is -2.41. The molecule has 2 aromatic carbocycles. The van der Waals surface area contributed by atoms with Crippen LogP contribution in [0.15, 0.2) is 53.4 Å². The lowest BCUT2D eigenvalue weighted by molar-refractivity contribution is -0.396. The van der Waals surface area contributed by atoms with Gasteiger partial charge in [0.15, 0.2) is 0 Å². The molecule has 0 amide bonds. The molecule has 0 aromatic heterocycles. The largest absolute Gasteiger partial charge is 0.460 e. The molecule has 0 spiro atoms. The van der Waals surface area contributed by atoms with Crippen LogP contribution in [0.25, 0.3) is 0 Å². The predicted octanol–water partition coefficient (Wildman–Crippen LogP) is 4.51. The third-order valence-electron chi connectivity index (χ3n) is 5.47. The van der Waals surface area contributed by atoms with Gasteiger partial charge in [0.05, 0.1) is 22.0 Å². The Kier molecular flexibility index (Phi) is 9.81. The number of rotatable bonds is 11. The van der Waals surface area contributed by atoms with Gasteiger partial charge in [-0.3, -0.25) is 29.8 Å². The highest BCUT2D eigenvalue weighted by atomic mass is 32.2. The molecule has 1 fully saturated rings. The summed E-state index contributed by atoms with van der Waals surface area (Å²) in [5, 5.41) is 22.2. The number of hydrogen-bond acceptors (Lipinski definition) is 11. The van der Waals surface area contributed by atoms with Gasteiger partial charge >= 0.3 is 5.97 Å². The van der Waals surface area contributed by atoms with Gasteiger partial charge in [-0.15, -0.1) is 0 Å². The highest BCUT2D eigenvalue weighted by Crippen LogP contribution is 2.38. The minimum atomic E-state index is -0.707. The number of esters is 1. The third kappa shape index (κ3) is 7.26. The highest BCUT2D eigenvalue weighted by Gasteiger charge is 2.35. The molecule has 0 aliphatic carbocycles. The number of nitro benzene ring substituents is 2. The van der Waals surface area contributed by atoms with Gasteiger partial charge in [0.1, 0.15) is 17.5 Å². The Morgan fingerprint density at radius 1 is 1.14 bits per heavy atom. The van der Waals surface area contributed by atoms with Gasteiger partial charge in [0, 0.05) is 12.6 Å². The van der Waals surface area contributed by atoms with Crippen LogP contribution >= 0.6 is 23.9 Å². The van der Waals surface area contributed by atoms with E-state index in [4.69, 9.17) is 4.74 Å². The van der Waals surface area contributed by atoms with Crippen LogP contribution in [-0.4, -0.2) is 43.9 Å². The summed E-state index contributed by atoms with van der Waals surface area (Å²) in [6, 6.07) is 11.5. The zero-order valence-electron chi connectivity index (χ0n) is 19.7. The summed E-state index contributed by atoms with van der Waals surface area (Å²) in [6.07, 6.45) is 1.25. The van der Waals surface area contributed by atoms with Crippen LogP contribution in [-0.2, 0) is 20.9 Å². The maximum absolute atomic E-state index is 13.0. The zero-order valence-corrected chi connectivity index (χ0v) is 21.3. The summed E-state index contributed by atoms with van der Waals surface area (Å²) in [7, 11) is 0. The number of benzene rings is 2. The van der Waals surface area contributed by atoms with Crippen LogP contribution in [0.3, 0.4) is 0 Å². The van der Waals surface area contributed by atoms with Crippen LogP contribution in [0.2, 0.25) is 0 Å². The second-order valence-corrected chi connectivity index (χ2v) is 10.3. The summed E-state index contributed by atoms with van der Waals surface area (Å²) in [6.45, 7) is 4.34. The summed E-state index contributed by atoms with van der Waals surface area (Å²) in [5.74, 6) is -0.598. The molecule has 0 saturated carbocycles. The molecule has 1 aliphatic heterocycles. The van der Waals surface area contributed by atoms with Gasteiger partial charge in [0.25, 0.3) is 11.4 Å². The molecule has 3 rings (SSSR count). The average molecular weight is 535 g/mol. The van der Waals surface area contributed by atoms with E-state index in [-0.39, 0.29) is 33.9 Å². The van der Waals surface area contributed by atoms with E-state index in [1.165, 1.54) is 12.1 Å². The number of carbonyl (C=O) groups excluding carboxylic acids is 2. The molecular formula is C23H26N4O7S2. The predicted molar refractivity (Wildman–Crippen MR) is 136 cm³/mol. The topological polar surface area (TPSA) is 145 Å². The van der Waals surface area contributed by atoms with Crippen molar-refractivity contribution in [1.82, 2.24) is 9.03 Å². The van der Waals surface area contributed by atoms with E-state index in [9.17, 15) is 29.8 Å². The summed E-state index contributed by atoms with van der Waals surface area (Å²) >= 11 is 1.85. The fraction of sp³-hybridized carbons (Fsp3) is 0.391. The third-order valence-corrected chi connectivity index (χ3v) is 7.53. The number of ether oxygens (including phenoxy) is 1. The maximum Gasteiger partial charge on any atom is 0.324 e. The van der Waals surface area contributed by atoms with Crippen LogP contribution in [0, 0.1) is 26.1 Å². The molecule has 1 aliphatic rings. The van der Waals surface area contributed by atoms with Crippen molar-refractivity contribution in [2.75, 3.05) is 6.54 Å². The molecule has 11 nitrogen and oxygen atoms in total. The molecule has 1 heterocycles. The minimum Gasteiger partial charge on any atom is -0.460 e. The fourth-order valence-corrected chi connectivity index (χ4v) is 5.73. The molecule has 2 atom stereocenters. The van der Waals surface area contributed by atoms with Crippen LogP contribution in [0.4, 0.5) is 11.4 Å². The molecule has 36 heavy (non-hydrogen) atoms. The van der Waals surface area contributed by atoms with E-state index in [1.54, 1.807) is 4.31 Å². The van der Waals surface area contributed by atoms with Crippen molar-refractivity contribution in [3.63, 3.8) is 0 Å². The van der Waals surface area contributed by atoms with Crippen LogP contribution in [0.5, 0.6) is 0 Å². The smallest absolute Gasteiger partial charge is 0.324 e. The minimum absolute atomic E-state index is 0.129. The Morgan fingerprint density at radius 2 is 1.86 bits per heavy atom. The second kappa shape index (κ2) is 12.8. The summed E-state index contributed by atoms with van der Waals surface area (Å²) in [4.78, 5) is 46.9. The lowest BCUT2D eigenvalue weighted by Gasteiger charge is -2.24. The van der Waals surface area contributed by atoms with E-state index < -0.39 is 27.9 Å². The number of nitro groups is 2. The molecular weight excluding hydrogens is 508 g/mol. The van der Waals surface area contributed by atoms with Gasteiger partial charge < -0.3 is 4.74 Å². The molecule has 0 radical (unpaired) electrons. The van der Waals surface area contributed by atoms with Crippen molar-refractivity contribution in [2.45, 2.75) is 50.3 Å². The molecule has 192 valence electrons. The first-order chi connectivity index (χ1) is 17.2. The van der Waals surface area contributed by atoms with Crippen molar-refractivity contribution < 1.29 is 24.2 Å².